The molecule has 5 nitrogen and oxygen atoms in total. The summed E-state index contributed by atoms with van der Waals surface area (Å²) in [6, 6.07) is 3.37. The Morgan fingerprint density at radius 3 is 2.71 bits per heavy atom. The molecule has 0 unspecified atom stereocenters. The number of carbonyl (C=O) groups excluding carboxylic acids is 1. The average molecular weight is 330 g/mol. The highest BCUT2D eigenvalue weighted by Crippen LogP contribution is 2.26. The Hall–Kier alpha value is -0.920. The third kappa shape index (κ3) is 4.05. The zero-order valence-corrected chi connectivity index (χ0v) is 13.9. The molecule has 1 fully saturated rings. The van der Waals surface area contributed by atoms with Crippen molar-refractivity contribution < 1.29 is 13.2 Å². The normalized spacial score (nSPS) is 17.8. The lowest BCUT2D eigenvalue weighted by Gasteiger charge is -2.30. The van der Waals surface area contributed by atoms with Crippen LogP contribution >= 0.6 is 11.3 Å². The third-order valence-corrected chi connectivity index (χ3v) is 7.02. The number of hydrogen-bond acceptors (Lipinski definition) is 4. The van der Waals surface area contributed by atoms with E-state index in [-0.39, 0.29) is 11.8 Å². The van der Waals surface area contributed by atoms with Gasteiger partial charge in [0.05, 0.1) is 0 Å². The minimum Gasteiger partial charge on any atom is -0.356 e. The fraction of sp³-hybridized carbons (Fsp3) is 0.643. The molecule has 118 valence electrons. The second-order valence-corrected chi connectivity index (χ2v) is 8.37. The molecular formula is C14H22N2O3S2. The number of carbonyl (C=O) groups is 1. The predicted octanol–water partition coefficient (Wildman–Crippen LogP) is 2.07. The maximum absolute atomic E-state index is 12.4. The molecule has 0 aromatic carbocycles. The van der Waals surface area contributed by atoms with Crippen LogP contribution in [0.1, 0.15) is 32.6 Å². The number of sulfonamides is 1. The molecule has 0 spiro atoms. The molecule has 2 rings (SSSR count). The fourth-order valence-electron chi connectivity index (χ4n) is 2.43. The Balaban J connectivity index is 1.87. The van der Waals surface area contributed by atoms with E-state index in [0.29, 0.717) is 36.7 Å². The summed E-state index contributed by atoms with van der Waals surface area (Å²) in [5.74, 6) is 0.00765. The van der Waals surface area contributed by atoms with Crippen LogP contribution in [0.3, 0.4) is 0 Å². The molecule has 1 amide bonds. The Labute approximate surface area is 130 Å². The second kappa shape index (κ2) is 7.38. The van der Waals surface area contributed by atoms with Crippen molar-refractivity contribution in [3.05, 3.63) is 17.5 Å². The number of unbranched alkanes of at least 4 members (excludes halogenated alkanes) is 1. The highest BCUT2D eigenvalue weighted by Gasteiger charge is 2.32. The Kier molecular flexibility index (Phi) is 5.78. The third-order valence-electron chi connectivity index (χ3n) is 3.74. The molecular weight excluding hydrogens is 308 g/mol. The van der Waals surface area contributed by atoms with Crippen LogP contribution in [0.15, 0.2) is 21.7 Å². The first kappa shape index (κ1) is 16.5. The molecule has 21 heavy (non-hydrogen) atoms. The van der Waals surface area contributed by atoms with E-state index in [2.05, 4.69) is 12.2 Å². The number of thiophene rings is 1. The van der Waals surface area contributed by atoms with E-state index in [4.69, 9.17) is 0 Å². The molecule has 1 aromatic rings. The van der Waals surface area contributed by atoms with Crippen molar-refractivity contribution in [1.29, 1.82) is 0 Å². The Morgan fingerprint density at radius 1 is 1.43 bits per heavy atom. The van der Waals surface area contributed by atoms with Gasteiger partial charge in [-0.15, -0.1) is 11.3 Å². The Bertz CT molecular complexity index is 547. The van der Waals surface area contributed by atoms with E-state index in [1.54, 1.807) is 17.5 Å². The monoisotopic (exact) mass is 330 g/mol. The van der Waals surface area contributed by atoms with Crippen LogP contribution in [0.2, 0.25) is 0 Å². The molecule has 1 saturated heterocycles. The van der Waals surface area contributed by atoms with Gasteiger partial charge >= 0.3 is 0 Å². The highest BCUT2D eigenvalue weighted by atomic mass is 32.2. The first-order valence-corrected chi connectivity index (χ1v) is 9.69. The van der Waals surface area contributed by atoms with Gasteiger partial charge in [-0.2, -0.15) is 4.31 Å². The molecule has 1 aliphatic rings. The van der Waals surface area contributed by atoms with Crippen molar-refractivity contribution in [1.82, 2.24) is 9.62 Å². The molecule has 0 radical (unpaired) electrons. The maximum atomic E-state index is 12.4. The van der Waals surface area contributed by atoms with Crippen molar-refractivity contribution >= 4 is 27.3 Å². The predicted molar refractivity (Wildman–Crippen MR) is 83.7 cm³/mol. The van der Waals surface area contributed by atoms with Gasteiger partial charge < -0.3 is 5.32 Å². The highest BCUT2D eigenvalue weighted by molar-refractivity contribution is 7.91. The number of rotatable bonds is 6. The van der Waals surface area contributed by atoms with E-state index < -0.39 is 10.0 Å². The molecule has 1 aliphatic heterocycles. The smallest absolute Gasteiger partial charge is 0.252 e. The zero-order valence-electron chi connectivity index (χ0n) is 12.2. The van der Waals surface area contributed by atoms with Crippen molar-refractivity contribution in [2.45, 2.75) is 36.8 Å². The summed E-state index contributed by atoms with van der Waals surface area (Å²) in [6.07, 6.45) is 3.24. The number of piperidine rings is 1. The first-order chi connectivity index (χ1) is 10.1. The van der Waals surface area contributed by atoms with E-state index in [0.717, 1.165) is 12.8 Å². The minimum atomic E-state index is -3.37. The first-order valence-electron chi connectivity index (χ1n) is 7.37. The zero-order chi connectivity index (χ0) is 15.3. The molecule has 2 heterocycles. The van der Waals surface area contributed by atoms with Crippen molar-refractivity contribution in [3.8, 4) is 0 Å². The van der Waals surface area contributed by atoms with Crippen molar-refractivity contribution in [2.75, 3.05) is 19.6 Å². The summed E-state index contributed by atoms with van der Waals surface area (Å²) in [6.45, 7) is 3.64. The van der Waals surface area contributed by atoms with Crippen LogP contribution in [-0.4, -0.2) is 38.3 Å². The van der Waals surface area contributed by atoms with Gasteiger partial charge in [0.25, 0.3) is 10.0 Å². The van der Waals surface area contributed by atoms with Crippen LogP contribution in [0.5, 0.6) is 0 Å². The van der Waals surface area contributed by atoms with Gasteiger partial charge in [0, 0.05) is 25.6 Å². The van der Waals surface area contributed by atoms with Gasteiger partial charge in [-0.3, -0.25) is 4.79 Å². The summed E-state index contributed by atoms with van der Waals surface area (Å²) in [5, 5.41) is 4.69. The van der Waals surface area contributed by atoms with E-state index >= 15 is 0 Å². The van der Waals surface area contributed by atoms with Crippen LogP contribution in [-0.2, 0) is 14.8 Å². The Morgan fingerprint density at radius 2 is 2.14 bits per heavy atom. The number of nitrogens with zero attached hydrogens (tertiary/aromatic N) is 1. The van der Waals surface area contributed by atoms with Gasteiger partial charge in [0.2, 0.25) is 5.91 Å². The van der Waals surface area contributed by atoms with Crippen LogP contribution in [0.4, 0.5) is 0 Å². The summed E-state index contributed by atoms with van der Waals surface area (Å²) < 4.78 is 26.6. The standard InChI is InChI=1S/C14H22N2O3S2/c1-2-3-8-15-14(17)12-6-9-16(10-7-12)21(18,19)13-5-4-11-20-13/h4-5,11-12H,2-3,6-10H2,1H3,(H,15,17). The van der Waals surface area contributed by atoms with Crippen molar-refractivity contribution in [2.24, 2.45) is 5.92 Å². The molecule has 1 N–H and O–H groups in total. The van der Waals surface area contributed by atoms with Gasteiger partial charge in [-0.1, -0.05) is 19.4 Å². The number of nitrogens with one attached hydrogen (secondary N) is 1. The molecule has 0 aliphatic carbocycles. The minimum absolute atomic E-state index is 0.0587. The van der Waals surface area contributed by atoms with E-state index in [9.17, 15) is 13.2 Å². The SMILES string of the molecule is CCCCNC(=O)C1CCN(S(=O)(=O)c2cccs2)CC1. The lowest BCUT2D eigenvalue weighted by molar-refractivity contribution is -0.126. The molecule has 0 atom stereocenters. The lowest BCUT2D eigenvalue weighted by Crippen LogP contribution is -2.42. The molecule has 1 aromatic heterocycles. The summed E-state index contributed by atoms with van der Waals surface area (Å²) >= 11 is 1.24. The van der Waals surface area contributed by atoms with Gasteiger partial charge in [0.15, 0.2) is 0 Å². The quantitative estimate of drug-likeness (QED) is 0.812. The molecule has 0 bridgehead atoms. The summed E-state index contributed by atoms with van der Waals surface area (Å²) in [5.41, 5.74) is 0. The van der Waals surface area contributed by atoms with Gasteiger partial charge in [-0.05, 0) is 30.7 Å². The van der Waals surface area contributed by atoms with Gasteiger partial charge in [-0.25, -0.2) is 8.42 Å². The number of amides is 1. The topological polar surface area (TPSA) is 66.5 Å². The summed E-state index contributed by atoms with van der Waals surface area (Å²) in [7, 11) is -3.37. The second-order valence-electron chi connectivity index (χ2n) is 5.26. The van der Waals surface area contributed by atoms with Crippen molar-refractivity contribution in [3.63, 3.8) is 0 Å². The van der Waals surface area contributed by atoms with Crippen LogP contribution < -0.4 is 5.32 Å². The van der Waals surface area contributed by atoms with E-state index in [1.165, 1.54) is 15.6 Å². The largest absolute Gasteiger partial charge is 0.356 e. The maximum Gasteiger partial charge on any atom is 0.252 e. The number of hydrogen-bond donors (Lipinski definition) is 1. The fourth-order valence-corrected chi connectivity index (χ4v) is 5.04. The van der Waals surface area contributed by atoms with Crippen LogP contribution in [0, 0.1) is 5.92 Å². The molecule has 0 saturated carbocycles. The van der Waals surface area contributed by atoms with Gasteiger partial charge in [0.1, 0.15) is 4.21 Å². The average Bonchev–Trinajstić information content (AvgIpc) is 3.02. The lowest BCUT2D eigenvalue weighted by atomic mass is 9.97. The molecule has 7 heteroatoms. The van der Waals surface area contributed by atoms with E-state index in [1.807, 2.05) is 0 Å². The van der Waals surface area contributed by atoms with Crippen LogP contribution in [0.25, 0.3) is 0 Å². The summed E-state index contributed by atoms with van der Waals surface area (Å²) in [4.78, 5) is 12.0.